The van der Waals surface area contributed by atoms with Crippen LogP contribution in [-0.2, 0) is 15.8 Å². The van der Waals surface area contributed by atoms with E-state index in [0.717, 1.165) is 12.1 Å². The first-order chi connectivity index (χ1) is 16.6. The number of rotatable bonds is 6. The quantitative estimate of drug-likeness (QED) is 0.413. The van der Waals surface area contributed by atoms with Gasteiger partial charge in [-0.3, -0.25) is 9.59 Å². The van der Waals surface area contributed by atoms with Crippen LogP contribution in [0.1, 0.15) is 16.7 Å². The van der Waals surface area contributed by atoms with E-state index in [2.05, 4.69) is 10.6 Å². The van der Waals surface area contributed by atoms with Gasteiger partial charge in [0.1, 0.15) is 0 Å². The lowest BCUT2D eigenvalue weighted by molar-refractivity contribution is -0.137. The minimum atomic E-state index is -4.52. The van der Waals surface area contributed by atoms with Crippen LogP contribution < -0.4 is 20.1 Å². The van der Waals surface area contributed by atoms with Crippen molar-refractivity contribution < 1.29 is 32.2 Å². The number of halogens is 4. The minimum absolute atomic E-state index is 0.00114. The third-order valence-corrected chi connectivity index (χ3v) is 5.33. The Hall–Kier alpha value is -3.98. The van der Waals surface area contributed by atoms with Gasteiger partial charge in [-0.2, -0.15) is 13.2 Å². The van der Waals surface area contributed by atoms with E-state index in [1.807, 2.05) is 0 Å². The molecule has 0 bridgehead atoms. The fraction of sp³-hybridized carbons (Fsp3) is 0.120. The summed E-state index contributed by atoms with van der Waals surface area (Å²) in [7, 11) is 1.42. The molecule has 3 aromatic rings. The molecule has 1 aliphatic heterocycles. The van der Waals surface area contributed by atoms with Crippen molar-refractivity contribution in [3.05, 3.63) is 82.4 Å². The van der Waals surface area contributed by atoms with Gasteiger partial charge in [0.15, 0.2) is 18.1 Å². The van der Waals surface area contributed by atoms with Gasteiger partial charge in [0.2, 0.25) is 0 Å². The molecule has 1 aliphatic rings. The van der Waals surface area contributed by atoms with Crippen molar-refractivity contribution in [2.75, 3.05) is 24.4 Å². The minimum Gasteiger partial charge on any atom is -0.493 e. The average Bonchev–Trinajstić information content (AvgIpc) is 3.11. The number of benzene rings is 3. The monoisotopic (exact) mass is 502 g/mol. The maximum absolute atomic E-state index is 12.8. The molecule has 0 fully saturated rings. The molecule has 2 amide bonds. The summed E-state index contributed by atoms with van der Waals surface area (Å²) in [6.07, 6.45) is -2.84. The molecule has 2 N–H and O–H groups in total. The molecule has 0 atom stereocenters. The molecule has 1 heterocycles. The summed E-state index contributed by atoms with van der Waals surface area (Å²) in [4.78, 5) is 24.6. The van der Waals surface area contributed by atoms with Gasteiger partial charge in [-0.1, -0.05) is 29.8 Å². The summed E-state index contributed by atoms with van der Waals surface area (Å²) in [6, 6.07) is 14.3. The number of amides is 2. The second-order valence-electron chi connectivity index (χ2n) is 7.53. The largest absolute Gasteiger partial charge is 0.493 e. The van der Waals surface area contributed by atoms with Crippen LogP contribution in [0.4, 0.5) is 24.5 Å². The first kappa shape index (κ1) is 24.2. The summed E-state index contributed by atoms with van der Waals surface area (Å²) >= 11 is 5.98. The molecular formula is C25H18ClF3N2O4. The fourth-order valence-electron chi connectivity index (χ4n) is 3.48. The normalized spacial score (nSPS) is 13.9. The number of methoxy groups -OCH3 is 1. The van der Waals surface area contributed by atoms with Crippen LogP contribution in [0.15, 0.2) is 60.7 Å². The van der Waals surface area contributed by atoms with Gasteiger partial charge in [-0.05, 0) is 54.1 Å². The lowest BCUT2D eigenvalue weighted by atomic mass is 10.0. The van der Waals surface area contributed by atoms with Crippen molar-refractivity contribution in [3.63, 3.8) is 0 Å². The summed E-state index contributed by atoms with van der Waals surface area (Å²) < 4.78 is 49.4. The van der Waals surface area contributed by atoms with E-state index in [1.54, 1.807) is 42.5 Å². The van der Waals surface area contributed by atoms with Gasteiger partial charge >= 0.3 is 6.18 Å². The van der Waals surface area contributed by atoms with Crippen LogP contribution in [0.25, 0.3) is 11.6 Å². The Morgan fingerprint density at radius 3 is 2.63 bits per heavy atom. The SMILES string of the molecule is COc1cc(C=C2C(=O)Nc3cc(Cl)ccc32)ccc1OCC(=O)Nc1cccc(C(F)(F)F)c1. The van der Waals surface area contributed by atoms with Crippen LogP contribution in [0, 0.1) is 0 Å². The van der Waals surface area contributed by atoms with Crippen LogP contribution in [0.5, 0.6) is 11.5 Å². The highest BCUT2D eigenvalue weighted by atomic mass is 35.5. The lowest BCUT2D eigenvalue weighted by Crippen LogP contribution is -2.20. The number of carbonyl (C=O) groups excluding carboxylic acids is 2. The van der Waals surface area contributed by atoms with E-state index >= 15 is 0 Å². The molecule has 0 radical (unpaired) electrons. The highest BCUT2D eigenvalue weighted by Crippen LogP contribution is 2.36. The van der Waals surface area contributed by atoms with Crippen molar-refractivity contribution in [2.24, 2.45) is 0 Å². The molecule has 10 heteroatoms. The first-order valence-corrected chi connectivity index (χ1v) is 10.6. The Labute approximate surface area is 203 Å². The molecular weight excluding hydrogens is 485 g/mol. The van der Waals surface area contributed by atoms with Crippen molar-refractivity contribution in [3.8, 4) is 11.5 Å². The van der Waals surface area contributed by atoms with Crippen LogP contribution in [-0.4, -0.2) is 25.5 Å². The molecule has 0 aliphatic carbocycles. The summed E-state index contributed by atoms with van der Waals surface area (Å²) in [6.45, 7) is -0.455. The molecule has 0 saturated heterocycles. The van der Waals surface area contributed by atoms with Crippen molar-refractivity contribution >= 4 is 46.4 Å². The fourth-order valence-corrected chi connectivity index (χ4v) is 3.66. The Bertz CT molecular complexity index is 1340. The molecule has 0 spiro atoms. The summed E-state index contributed by atoms with van der Waals surface area (Å²) in [5.74, 6) is -0.360. The van der Waals surface area contributed by atoms with Crippen molar-refractivity contribution in [1.29, 1.82) is 0 Å². The number of hydrogen-bond acceptors (Lipinski definition) is 4. The Morgan fingerprint density at radius 2 is 1.89 bits per heavy atom. The maximum atomic E-state index is 12.8. The van der Waals surface area contributed by atoms with Crippen molar-refractivity contribution in [1.82, 2.24) is 0 Å². The Balaban J connectivity index is 1.46. The van der Waals surface area contributed by atoms with E-state index in [-0.39, 0.29) is 17.3 Å². The van der Waals surface area contributed by atoms with Crippen molar-refractivity contribution in [2.45, 2.75) is 6.18 Å². The number of carbonyl (C=O) groups is 2. The predicted octanol–water partition coefficient (Wildman–Crippen LogP) is 5.88. The number of fused-ring (bicyclic) bond motifs is 1. The average molecular weight is 503 g/mol. The molecule has 3 aromatic carbocycles. The molecule has 6 nitrogen and oxygen atoms in total. The molecule has 0 aromatic heterocycles. The predicted molar refractivity (Wildman–Crippen MR) is 127 cm³/mol. The maximum Gasteiger partial charge on any atom is 0.416 e. The van der Waals surface area contributed by atoms with Gasteiger partial charge in [-0.25, -0.2) is 0 Å². The van der Waals surface area contributed by atoms with E-state index in [4.69, 9.17) is 21.1 Å². The van der Waals surface area contributed by atoms with Gasteiger partial charge in [-0.15, -0.1) is 0 Å². The van der Waals surface area contributed by atoms with E-state index in [0.29, 0.717) is 33.2 Å². The van der Waals surface area contributed by atoms with E-state index < -0.39 is 24.3 Å². The third-order valence-electron chi connectivity index (χ3n) is 5.10. The zero-order valence-corrected chi connectivity index (χ0v) is 19.0. The third kappa shape index (κ3) is 5.58. The lowest BCUT2D eigenvalue weighted by Gasteiger charge is -2.12. The topological polar surface area (TPSA) is 76.7 Å². The van der Waals surface area contributed by atoms with E-state index in [1.165, 1.54) is 19.2 Å². The standard InChI is InChI=1S/C25H18ClF3N2O4/c1-34-22-10-14(9-19-18-7-6-16(26)12-20(18)31-24(19)33)5-8-21(22)35-13-23(32)30-17-4-2-3-15(11-17)25(27,28)29/h2-12H,13H2,1H3,(H,30,32)(H,31,33). The number of anilines is 2. The number of ether oxygens (including phenoxy) is 2. The summed E-state index contributed by atoms with van der Waals surface area (Å²) in [5, 5.41) is 5.64. The molecule has 4 rings (SSSR count). The first-order valence-electron chi connectivity index (χ1n) is 10.2. The highest BCUT2D eigenvalue weighted by molar-refractivity contribution is 6.36. The second kappa shape index (κ2) is 9.71. The van der Waals surface area contributed by atoms with Gasteiger partial charge < -0.3 is 20.1 Å². The molecule has 35 heavy (non-hydrogen) atoms. The summed E-state index contributed by atoms with van der Waals surface area (Å²) in [5.41, 5.74) is 1.56. The van der Waals surface area contributed by atoms with Crippen LogP contribution in [0.3, 0.4) is 0 Å². The smallest absolute Gasteiger partial charge is 0.416 e. The zero-order chi connectivity index (χ0) is 25.2. The number of nitrogens with one attached hydrogen (secondary N) is 2. The zero-order valence-electron chi connectivity index (χ0n) is 18.2. The molecule has 180 valence electrons. The second-order valence-corrected chi connectivity index (χ2v) is 7.96. The molecule has 0 unspecified atom stereocenters. The van der Waals surface area contributed by atoms with Crippen LogP contribution in [0.2, 0.25) is 5.02 Å². The number of hydrogen-bond donors (Lipinski definition) is 2. The van der Waals surface area contributed by atoms with Gasteiger partial charge in [0.05, 0.1) is 18.4 Å². The Morgan fingerprint density at radius 1 is 1.09 bits per heavy atom. The van der Waals surface area contributed by atoms with Crippen LogP contribution >= 0.6 is 11.6 Å². The van der Waals surface area contributed by atoms with Gasteiger partial charge in [0, 0.05) is 21.8 Å². The highest BCUT2D eigenvalue weighted by Gasteiger charge is 2.30. The number of alkyl halides is 3. The van der Waals surface area contributed by atoms with Gasteiger partial charge in [0.25, 0.3) is 11.8 Å². The van der Waals surface area contributed by atoms with E-state index in [9.17, 15) is 22.8 Å². The Kier molecular flexibility index (Phi) is 6.70. The molecule has 0 saturated carbocycles.